The van der Waals surface area contributed by atoms with E-state index >= 15 is 0 Å². The molecule has 1 aliphatic rings. The van der Waals surface area contributed by atoms with Crippen LogP contribution in [0.25, 0.3) is 5.69 Å². The molecular formula is C16H17IN2O. The van der Waals surface area contributed by atoms with Gasteiger partial charge < -0.3 is 9.47 Å². The van der Waals surface area contributed by atoms with E-state index in [-0.39, 0.29) is 5.91 Å². The summed E-state index contributed by atoms with van der Waals surface area (Å²) in [5.41, 5.74) is 1.79. The summed E-state index contributed by atoms with van der Waals surface area (Å²) >= 11 is 2.29. The fourth-order valence-corrected chi connectivity index (χ4v) is 3.21. The van der Waals surface area contributed by atoms with Crippen molar-refractivity contribution in [3.05, 3.63) is 51.9 Å². The molecule has 3 rings (SSSR count). The number of halogens is 1. The van der Waals surface area contributed by atoms with Crippen LogP contribution < -0.4 is 0 Å². The third kappa shape index (κ3) is 2.61. The predicted octanol–water partition coefficient (Wildman–Crippen LogP) is 3.56. The minimum atomic E-state index is 0.137. The Morgan fingerprint density at radius 3 is 2.85 bits per heavy atom. The van der Waals surface area contributed by atoms with Gasteiger partial charge in [-0.1, -0.05) is 13.0 Å². The molecule has 1 fully saturated rings. The second-order valence-corrected chi connectivity index (χ2v) is 6.63. The molecule has 1 atom stereocenters. The van der Waals surface area contributed by atoms with Gasteiger partial charge in [0.25, 0.3) is 5.91 Å². The lowest BCUT2D eigenvalue weighted by Gasteiger charge is -2.17. The van der Waals surface area contributed by atoms with Crippen molar-refractivity contribution < 1.29 is 4.79 Å². The van der Waals surface area contributed by atoms with Gasteiger partial charge in [0, 0.05) is 28.5 Å². The summed E-state index contributed by atoms with van der Waals surface area (Å²) in [5, 5.41) is 0. The summed E-state index contributed by atoms with van der Waals surface area (Å²) in [7, 11) is 0. The van der Waals surface area contributed by atoms with Crippen LogP contribution in [-0.4, -0.2) is 28.5 Å². The number of rotatable bonds is 2. The highest BCUT2D eigenvalue weighted by molar-refractivity contribution is 14.1. The molecular weight excluding hydrogens is 363 g/mol. The highest BCUT2D eigenvalue weighted by atomic mass is 127. The fraction of sp³-hybridized carbons (Fsp3) is 0.312. The highest BCUT2D eigenvalue weighted by Crippen LogP contribution is 2.21. The van der Waals surface area contributed by atoms with Gasteiger partial charge in [0.15, 0.2) is 0 Å². The van der Waals surface area contributed by atoms with Gasteiger partial charge in [0.2, 0.25) is 0 Å². The number of aromatic nitrogens is 1. The van der Waals surface area contributed by atoms with Gasteiger partial charge in [-0.15, -0.1) is 0 Å². The first-order valence-corrected chi connectivity index (χ1v) is 7.95. The van der Waals surface area contributed by atoms with Gasteiger partial charge in [0.05, 0.1) is 0 Å². The molecule has 0 saturated carbocycles. The maximum absolute atomic E-state index is 12.6. The summed E-state index contributed by atoms with van der Waals surface area (Å²) in [4.78, 5) is 14.6. The van der Waals surface area contributed by atoms with E-state index in [1.165, 1.54) is 3.57 Å². The quantitative estimate of drug-likeness (QED) is 0.732. The lowest BCUT2D eigenvalue weighted by atomic mass is 10.2. The van der Waals surface area contributed by atoms with E-state index in [2.05, 4.69) is 41.6 Å². The van der Waals surface area contributed by atoms with Crippen molar-refractivity contribution >= 4 is 28.5 Å². The standard InChI is InChI=1S/C16H17IN2O/c1-12-7-9-18(11-12)16(20)15-6-3-8-19(15)14-5-2-4-13(17)10-14/h2-6,8,10,12H,7,9,11H2,1H3. The van der Waals surface area contributed by atoms with E-state index in [1.807, 2.05) is 39.9 Å². The lowest BCUT2D eigenvalue weighted by molar-refractivity contribution is 0.0780. The number of carbonyl (C=O) groups excluding carboxylic acids is 1. The van der Waals surface area contributed by atoms with E-state index < -0.39 is 0 Å². The minimum absolute atomic E-state index is 0.137. The van der Waals surface area contributed by atoms with Crippen molar-refractivity contribution in [3.63, 3.8) is 0 Å². The Hall–Kier alpha value is -1.30. The molecule has 0 bridgehead atoms. The molecule has 20 heavy (non-hydrogen) atoms. The summed E-state index contributed by atoms with van der Waals surface area (Å²) in [6.45, 7) is 3.94. The van der Waals surface area contributed by atoms with Crippen LogP contribution in [0.15, 0.2) is 42.6 Å². The third-order valence-electron chi connectivity index (χ3n) is 3.77. The van der Waals surface area contributed by atoms with E-state index in [0.29, 0.717) is 5.92 Å². The Labute approximate surface area is 132 Å². The van der Waals surface area contributed by atoms with Gasteiger partial charge in [-0.25, -0.2) is 0 Å². The Morgan fingerprint density at radius 1 is 1.30 bits per heavy atom. The molecule has 0 N–H and O–H groups in total. The zero-order chi connectivity index (χ0) is 14.1. The maximum atomic E-state index is 12.6. The molecule has 4 heteroatoms. The summed E-state index contributed by atoms with van der Waals surface area (Å²) < 4.78 is 3.15. The van der Waals surface area contributed by atoms with Crippen molar-refractivity contribution in [2.24, 2.45) is 5.92 Å². The average Bonchev–Trinajstić information content (AvgIpc) is 3.06. The molecule has 1 aromatic heterocycles. The van der Waals surface area contributed by atoms with Gasteiger partial charge in [-0.3, -0.25) is 4.79 Å². The molecule has 2 aromatic rings. The predicted molar refractivity (Wildman–Crippen MR) is 88.2 cm³/mol. The Bertz CT molecular complexity index is 635. The van der Waals surface area contributed by atoms with Gasteiger partial charge in [0.1, 0.15) is 5.69 Å². The van der Waals surface area contributed by atoms with Crippen LogP contribution in [-0.2, 0) is 0 Å². The fourth-order valence-electron chi connectivity index (χ4n) is 2.69. The van der Waals surface area contributed by atoms with Crippen molar-refractivity contribution in [2.45, 2.75) is 13.3 Å². The van der Waals surface area contributed by atoms with E-state index in [4.69, 9.17) is 0 Å². The van der Waals surface area contributed by atoms with Crippen LogP contribution in [0.5, 0.6) is 0 Å². The van der Waals surface area contributed by atoms with Crippen LogP contribution in [0.3, 0.4) is 0 Å². The SMILES string of the molecule is CC1CCN(C(=O)c2cccn2-c2cccc(I)c2)C1. The molecule has 2 heterocycles. The largest absolute Gasteiger partial charge is 0.337 e. The normalized spacial score (nSPS) is 18.5. The Kier molecular flexibility index (Phi) is 3.83. The van der Waals surface area contributed by atoms with Crippen LogP contribution in [0.2, 0.25) is 0 Å². The van der Waals surface area contributed by atoms with Gasteiger partial charge in [-0.2, -0.15) is 0 Å². The summed E-state index contributed by atoms with van der Waals surface area (Å²) in [6.07, 6.45) is 3.06. The van der Waals surface area contributed by atoms with E-state index in [9.17, 15) is 4.79 Å². The van der Waals surface area contributed by atoms with Crippen LogP contribution >= 0.6 is 22.6 Å². The number of likely N-dealkylation sites (tertiary alicyclic amines) is 1. The highest BCUT2D eigenvalue weighted by Gasteiger charge is 2.26. The first-order chi connectivity index (χ1) is 9.65. The molecule has 0 spiro atoms. The summed E-state index contributed by atoms with van der Waals surface area (Å²) in [5.74, 6) is 0.748. The molecule has 1 saturated heterocycles. The van der Waals surface area contributed by atoms with Crippen molar-refractivity contribution in [2.75, 3.05) is 13.1 Å². The maximum Gasteiger partial charge on any atom is 0.270 e. The number of hydrogen-bond donors (Lipinski definition) is 0. The molecule has 0 radical (unpaired) electrons. The first kappa shape index (κ1) is 13.7. The van der Waals surface area contributed by atoms with E-state index in [0.717, 1.165) is 30.9 Å². The molecule has 0 aliphatic carbocycles. The molecule has 3 nitrogen and oxygen atoms in total. The van der Waals surface area contributed by atoms with E-state index in [1.54, 1.807) is 0 Å². The third-order valence-corrected chi connectivity index (χ3v) is 4.44. The zero-order valence-corrected chi connectivity index (χ0v) is 13.6. The molecule has 1 aliphatic heterocycles. The second-order valence-electron chi connectivity index (χ2n) is 5.39. The molecule has 1 amide bonds. The molecule has 104 valence electrons. The van der Waals surface area contributed by atoms with Crippen LogP contribution in [0.4, 0.5) is 0 Å². The number of hydrogen-bond acceptors (Lipinski definition) is 1. The number of carbonyl (C=O) groups is 1. The monoisotopic (exact) mass is 380 g/mol. The van der Waals surface area contributed by atoms with Crippen molar-refractivity contribution in [3.8, 4) is 5.69 Å². The second kappa shape index (κ2) is 5.60. The number of amides is 1. The van der Waals surface area contributed by atoms with Gasteiger partial charge >= 0.3 is 0 Å². The van der Waals surface area contributed by atoms with Crippen molar-refractivity contribution in [1.82, 2.24) is 9.47 Å². The van der Waals surface area contributed by atoms with Crippen LogP contribution in [0, 0.1) is 9.49 Å². The number of benzene rings is 1. The minimum Gasteiger partial charge on any atom is -0.337 e. The van der Waals surface area contributed by atoms with Gasteiger partial charge in [-0.05, 0) is 65.3 Å². The molecule has 1 unspecified atom stereocenters. The Balaban J connectivity index is 1.92. The summed E-state index contributed by atoms with van der Waals surface area (Å²) in [6, 6.07) is 12.0. The lowest BCUT2D eigenvalue weighted by Crippen LogP contribution is -2.30. The first-order valence-electron chi connectivity index (χ1n) is 6.88. The van der Waals surface area contributed by atoms with Crippen LogP contribution in [0.1, 0.15) is 23.8 Å². The smallest absolute Gasteiger partial charge is 0.270 e. The number of nitrogens with zero attached hydrogens (tertiary/aromatic N) is 2. The van der Waals surface area contributed by atoms with Crippen molar-refractivity contribution in [1.29, 1.82) is 0 Å². The topological polar surface area (TPSA) is 25.2 Å². The Morgan fingerprint density at radius 2 is 2.15 bits per heavy atom. The molecule has 1 aromatic carbocycles. The average molecular weight is 380 g/mol. The zero-order valence-electron chi connectivity index (χ0n) is 11.4.